The quantitative estimate of drug-likeness (QED) is 0.832. The highest BCUT2D eigenvalue weighted by molar-refractivity contribution is 7.92. The Kier molecular flexibility index (Phi) is 3.03. The number of hydrogen-bond donors (Lipinski definition) is 1. The van der Waals surface area contributed by atoms with Crippen LogP contribution < -0.4 is 9.62 Å². The number of sulfonamides is 1. The third-order valence-electron chi connectivity index (χ3n) is 3.71. The number of nitrogens with zero attached hydrogens (tertiary/aromatic N) is 1. The van der Waals surface area contributed by atoms with Gasteiger partial charge in [0.2, 0.25) is 10.0 Å². The van der Waals surface area contributed by atoms with E-state index in [-0.39, 0.29) is 5.75 Å². The van der Waals surface area contributed by atoms with Crippen LogP contribution in [0.4, 0.5) is 5.69 Å². The van der Waals surface area contributed by atoms with Gasteiger partial charge in [-0.2, -0.15) is 0 Å². The van der Waals surface area contributed by atoms with Gasteiger partial charge in [0, 0.05) is 13.1 Å². The lowest BCUT2D eigenvalue weighted by Gasteiger charge is -2.29. The number of fused-ring (bicyclic) bond motifs is 1. The van der Waals surface area contributed by atoms with Gasteiger partial charge in [-0.25, -0.2) is 8.42 Å². The third-order valence-corrected chi connectivity index (χ3v) is 5.58. The zero-order valence-electron chi connectivity index (χ0n) is 10.4. The molecule has 1 fully saturated rings. The monoisotopic (exact) mass is 266 g/mol. The summed E-state index contributed by atoms with van der Waals surface area (Å²) in [4.78, 5) is 0. The molecule has 1 aromatic rings. The Morgan fingerprint density at radius 1 is 1.17 bits per heavy atom. The van der Waals surface area contributed by atoms with Gasteiger partial charge in [0.1, 0.15) is 0 Å². The number of hydrogen-bond acceptors (Lipinski definition) is 3. The molecule has 0 saturated carbocycles. The minimum Gasteiger partial charge on any atom is -0.312 e. The highest BCUT2D eigenvalue weighted by Gasteiger charge is 2.26. The molecule has 2 heterocycles. The lowest BCUT2D eigenvalue weighted by molar-refractivity contribution is 0.574. The molecule has 0 bridgehead atoms. The van der Waals surface area contributed by atoms with Crippen LogP contribution in [0, 0.1) is 0 Å². The molecule has 18 heavy (non-hydrogen) atoms. The molecule has 5 heteroatoms. The lowest BCUT2D eigenvalue weighted by Crippen LogP contribution is -2.38. The molecular weight excluding hydrogens is 248 g/mol. The zero-order valence-corrected chi connectivity index (χ0v) is 11.2. The molecule has 0 radical (unpaired) electrons. The van der Waals surface area contributed by atoms with E-state index < -0.39 is 10.0 Å². The molecule has 4 nitrogen and oxygen atoms in total. The highest BCUT2D eigenvalue weighted by atomic mass is 32.2. The summed E-state index contributed by atoms with van der Waals surface area (Å²) in [5, 5.41) is 3.32. The van der Waals surface area contributed by atoms with Crippen molar-refractivity contribution >= 4 is 15.7 Å². The second kappa shape index (κ2) is 4.55. The highest BCUT2D eigenvalue weighted by Crippen LogP contribution is 2.27. The molecular formula is C13H18N2O2S. The average Bonchev–Trinajstić information content (AvgIpc) is 2.38. The Morgan fingerprint density at radius 3 is 2.89 bits per heavy atom. The van der Waals surface area contributed by atoms with Crippen LogP contribution in [0.2, 0.25) is 0 Å². The van der Waals surface area contributed by atoms with Crippen molar-refractivity contribution in [2.24, 2.45) is 0 Å². The van der Waals surface area contributed by atoms with Gasteiger partial charge in [-0.05, 0) is 49.1 Å². The number of rotatable bonds is 1. The summed E-state index contributed by atoms with van der Waals surface area (Å²) in [6.07, 6.45) is 2.77. The van der Waals surface area contributed by atoms with Crippen molar-refractivity contribution < 1.29 is 8.42 Å². The van der Waals surface area contributed by atoms with Gasteiger partial charge < -0.3 is 5.32 Å². The largest absolute Gasteiger partial charge is 0.312 e. The van der Waals surface area contributed by atoms with E-state index in [1.165, 1.54) is 11.1 Å². The second-order valence-corrected chi connectivity index (χ2v) is 6.99. The first-order valence-corrected chi connectivity index (χ1v) is 8.11. The summed E-state index contributed by atoms with van der Waals surface area (Å²) < 4.78 is 25.7. The fourth-order valence-electron chi connectivity index (χ4n) is 2.70. The van der Waals surface area contributed by atoms with Crippen LogP contribution in [0.25, 0.3) is 0 Å². The van der Waals surface area contributed by atoms with Gasteiger partial charge >= 0.3 is 0 Å². The van der Waals surface area contributed by atoms with Crippen molar-refractivity contribution in [3.8, 4) is 0 Å². The van der Waals surface area contributed by atoms with E-state index in [9.17, 15) is 8.42 Å². The topological polar surface area (TPSA) is 49.4 Å². The first-order chi connectivity index (χ1) is 8.67. The van der Waals surface area contributed by atoms with Crippen LogP contribution in [0.3, 0.4) is 0 Å². The van der Waals surface area contributed by atoms with Crippen LogP contribution in [-0.4, -0.2) is 27.3 Å². The summed E-state index contributed by atoms with van der Waals surface area (Å²) in [7, 11) is -3.09. The van der Waals surface area contributed by atoms with Crippen molar-refractivity contribution in [2.45, 2.75) is 25.8 Å². The molecule has 1 aromatic carbocycles. The van der Waals surface area contributed by atoms with Gasteiger partial charge in [0.15, 0.2) is 0 Å². The van der Waals surface area contributed by atoms with E-state index >= 15 is 0 Å². The minimum atomic E-state index is -3.09. The first kappa shape index (κ1) is 12.0. The molecule has 98 valence electrons. The Balaban J connectivity index is 1.96. The van der Waals surface area contributed by atoms with E-state index in [0.29, 0.717) is 6.54 Å². The van der Waals surface area contributed by atoms with Gasteiger partial charge in [-0.1, -0.05) is 6.07 Å². The standard InChI is InChI=1S/C13H18N2O2S/c16-18(17)8-2-1-7-15(18)13-4-3-11-5-6-14-10-12(11)9-13/h3-4,9,14H,1-2,5-8,10H2. The van der Waals surface area contributed by atoms with Crippen LogP contribution in [0.15, 0.2) is 18.2 Å². The normalized spacial score (nSPS) is 22.6. The summed E-state index contributed by atoms with van der Waals surface area (Å²) in [6.45, 7) is 2.47. The summed E-state index contributed by atoms with van der Waals surface area (Å²) in [5.41, 5.74) is 3.41. The fourth-order valence-corrected chi connectivity index (χ4v) is 4.33. The maximum atomic E-state index is 12.1. The predicted octanol–water partition coefficient (Wildman–Crippen LogP) is 1.26. The molecule has 2 aliphatic rings. The lowest BCUT2D eigenvalue weighted by atomic mass is 10.0. The SMILES string of the molecule is O=S1(=O)CCCCN1c1ccc2c(c1)CNCC2. The maximum absolute atomic E-state index is 12.1. The molecule has 0 unspecified atom stereocenters. The van der Waals surface area contributed by atoms with E-state index in [0.717, 1.165) is 38.0 Å². The third kappa shape index (κ3) is 2.12. The van der Waals surface area contributed by atoms with Crippen molar-refractivity contribution in [3.63, 3.8) is 0 Å². The Hall–Kier alpha value is -1.07. The molecule has 0 aromatic heterocycles. The van der Waals surface area contributed by atoms with Crippen molar-refractivity contribution in [1.29, 1.82) is 0 Å². The minimum absolute atomic E-state index is 0.280. The Bertz CT molecular complexity index is 554. The summed E-state index contributed by atoms with van der Waals surface area (Å²) in [6, 6.07) is 6.06. The molecule has 1 N–H and O–H groups in total. The molecule has 0 amide bonds. The van der Waals surface area contributed by atoms with Gasteiger partial charge in [-0.3, -0.25) is 4.31 Å². The zero-order chi connectivity index (χ0) is 12.6. The van der Waals surface area contributed by atoms with Crippen LogP contribution >= 0.6 is 0 Å². The van der Waals surface area contributed by atoms with E-state index in [2.05, 4.69) is 11.4 Å². The number of benzene rings is 1. The Labute approximate surface area is 108 Å². The molecule has 0 aliphatic carbocycles. The van der Waals surface area contributed by atoms with Crippen LogP contribution in [-0.2, 0) is 23.0 Å². The molecule has 0 atom stereocenters. The van der Waals surface area contributed by atoms with E-state index in [1.54, 1.807) is 4.31 Å². The van der Waals surface area contributed by atoms with Crippen LogP contribution in [0.5, 0.6) is 0 Å². The Morgan fingerprint density at radius 2 is 2.06 bits per heavy atom. The van der Waals surface area contributed by atoms with Gasteiger partial charge in [0.05, 0.1) is 11.4 Å². The fraction of sp³-hybridized carbons (Fsp3) is 0.538. The molecule has 3 rings (SSSR count). The van der Waals surface area contributed by atoms with Gasteiger partial charge in [0.25, 0.3) is 0 Å². The van der Waals surface area contributed by atoms with Gasteiger partial charge in [-0.15, -0.1) is 0 Å². The summed E-state index contributed by atoms with van der Waals surface area (Å²) >= 11 is 0. The first-order valence-electron chi connectivity index (χ1n) is 6.50. The maximum Gasteiger partial charge on any atom is 0.235 e. The molecule has 2 aliphatic heterocycles. The van der Waals surface area contributed by atoms with Crippen molar-refractivity contribution in [1.82, 2.24) is 5.32 Å². The van der Waals surface area contributed by atoms with Crippen molar-refractivity contribution in [3.05, 3.63) is 29.3 Å². The van der Waals surface area contributed by atoms with Crippen LogP contribution in [0.1, 0.15) is 24.0 Å². The smallest absolute Gasteiger partial charge is 0.235 e. The molecule has 0 spiro atoms. The van der Waals surface area contributed by atoms with E-state index in [1.807, 2.05) is 12.1 Å². The second-order valence-electron chi connectivity index (χ2n) is 4.98. The van der Waals surface area contributed by atoms with E-state index in [4.69, 9.17) is 0 Å². The predicted molar refractivity (Wildman–Crippen MR) is 72.2 cm³/mol. The average molecular weight is 266 g/mol. The number of nitrogens with one attached hydrogen (secondary N) is 1. The van der Waals surface area contributed by atoms with Crippen molar-refractivity contribution in [2.75, 3.05) is 23.1 Å². The number of anilines is 1. The summed E-state index contributed by atoms with van der Waals surface area (Å²) in [5.74, 6) is 0.280. The molecule has 1 saturated heterocycles.